The number of hydrogen-bond acceptors (Lipinski definition) is 4. The lowest BCUT2D eigenvalue weighted by atomic mass is 10.0. The van der Waals surface area contributed by atoms with Crippen LogP contribution in [0.3, 0.4) is 0 Å². The summed E-state index contributed by atoms with van der Waals surface area (Å²) < 4.78 is 0. The molecule has 0 saturated heterocycles. The van der Waals surface area contributed by atoms with Crippen LogP contribution in [0.5, 0.6) is 0 Å². The molecule has 19 heavy (non-hydrogen) atoms. The van der Waals surface area contributed by atoms with Crippen LogP contribution >= 0.6 is 0 Å². The molecule has 0 aliphatic heterocycles. The first kappa shape index (κ1) is 13.7. The monoisotopic (exact) mass is 263 g/mol. The zero-order valence-corrected chi connectivity index (χ0v) is 11.2. The molecule has 1 aliphatic rings. The third-order valence-corrected chi connectivity index (χ3v) is 3.64. The average molecular weight is 263 g/mol. The number of nitrogens with two attached hydrogens (primary N) is 2. The summed E-state index contributed by atoms with van der Waals surface area (Å²) in [5.74, 6) is -0.167. The van der Waals surface area contributed by atoms with E-state index in [0.717, 1.165) is 25.7 Å². The summed E-state index contributed by atoms with van der Waals surface area (Å²) in [6, 6.07) is 4.82. The molecule has 0 aromatic heterocycles. The van der Waals surface area contributed by atoms with E-state index in [-0.39, 0.29) is 5.91 Å². The Kier molecular flexibility index (Phi) is 3.66. The Bertz CT molecular complexity index is 461. The molecular weight excluding hydrogens is 242 g/mol. The van der Waals surface area contributed by atoms with Gasteiger partial charge in [0, 0.05) is 30.5 Å². The normalized spacial score (nSPS) is 17.4. The number of nitrogens with zero attached hydrogens (tertiary/aromatic N) is 1. The van der Waals surface area contributed by atoms with Gasteiger partial charge in [0.05, 0.1) is 5.60 Å². The van der Waals surface area contributed by atoms with Gasteiger partial charge in [-0.2, -0.15) is 0 Å². The van der Waals surface area contributed by atoms with Crippen molar-refractivity contribution in [3.63, 3.8) is 0 Å². The van der Waals surface area contributed by atoms with E-state index in [2.05, 4.69) is 0 Å². The molecule has 0 spiro atoms. The highest BCUT2D eigenvalue weighted by Crippen LogP contribution is 2.30. The van der Waals surface area contributed by atoms with Gasteiger partial charge in [-0.05, 0) is 31.0 Å². The fourth-order valence-electron chi connectivity index (χ4n) is 2.72. The van der Waals surface area contributed by atoms with Gasteiger partial charge in [0.15, 0.2) is 0 Å². The third-order valence-electron chi connectivity index (χ3n) is 3.64. The number of likely N-dealkylation sites (N-methyl/N-ethyl adjacent to an activating group) is 1. The number of hydrogen-bond donors (Lipinski definition) is 3. The number of anilines is 2. The van der Waals surface area contributed by atoms with Gasteiger partial charge in [-0.1, -0.05) is 12.8 Å². The molecule has 5 nitrogen and oxygen atoms in total. The Labute approximate surface area is 113 Å². The smallest absolute Gasteiger partial charge is 0.253 e. The van der Waals surface area contributed by atoms with Crippen molar-refractivity contribution in [3.8, 4) is 0 Å². The molecule has 1 aromatic rings. The van der Waals surface area contributed by atoms with Gasteiger partial charge in [-0.25, -0.2) is 0 Å². The fraction of sp³-hybridized carbons (Fsp3) is 0.500. The molecule has 2 rings (SSSR count). The molecular formula is C14H21N3O2. The standard InChI is InChI=1S/C14H21N3O2/c1-17(9-14(19)4-2-3-5-14)13(18)10-6-11(15)8-12(16)7-10/h6-8,19H,2-5,9,15-16H2,1H3. The van der Waals surface area contributed by atoms with Gasteiger partial charge in [-0.3, -0.25) is 4.79 Å². The van der Waals surface area contributed by atoms with Crippen LogP contribution in [0.15, 0.2) is 18.2 Å². The van der Waals surface area contributed by atoms with Crippen molar-refractivity contribution in [2.75, 3.05) is 25.1 Å². The van der Waals surface area contributed by atoms with Crippen molar-refractivity contribution >= 4 is 17.3 Å². The number of benzene rings is 1. The van der Waals surface area contributed by atoms with E-state index in [0.29, 0.717) is 23.5 Å². The van der Waals surface area contributed by atoms with E-state index in [1.807, 2.05) is 0 Å². The molecule has 5 heteroatoms. The van der Waals surface area contributed by atoms with E-state index in [1.165, 1.54) is 0 Å². The average Bonchev–Trinajstić information content (AvgIpc) is 2.73. The second kappa shape index (κ2) is 5.09. The van der Waals surface area contributed by atoms with Gasteiger partial charge in [-0.15, -0.1) is 0 Å². The summed E-state index contributed by atoms with van der Waals surface area (Å²) in [5, 5.41) is 10.3. The first-order chi connectivity index (χ1) is 8.89. The van der Waals surface area contributed by atoms with Crippen molar-refractivity contribution in [2.24, 2.45) is 0 Å². The zero-order chi connectivity index (χ0) is 14.0. The summed E-state index contributed by atoms with van der Waals surface area (Å²) in [4.78, 5) is 13.8. The van der Waals surface area contributed by atoms with Gasteiger partial charge in [0.2, 0.25) is 0 Å². The molecule has 0 atom stereocenters. The quantitative estimate of drug-likeness (QED) is 0.715. The number of amides is 1. The predicted octanol–water partition coefficient (Wildman–Crippen LogP) is 1.23. The predicted molar refractivity (Wildman–Crippen MR) is 75.6 cm³/mol. The van der Waals surface area contributed by atoms with Crippen LogP contribution in [0.2, 0.25) is 0 Å². The van der Waals surface area contributed by atoms with E-state index in [1.54, 1.807) is 30.1 Å². The topological polar surface area (TPSA) is 92.6 Å². The van der Waals surface area contributed by atoms with Gasteiger partial charge >= 0.3 is 0 Å². The lowest BCUT2D eigenvalue weighted by Gasteiger charge is -2.28. The van der Waals surface area contributed by atoms with E-state index < -0.39 is 5.60 Å². The molecule has 0 radical (unpaired) electrons. The highest BCUT2D eigenvalue weighted by Gasteiger charge is 2.33. The maximum atomic E-state index is 12.3. The molecule has 1 amide bonds. The zero-order valence-electron chi connectivity index (χ0n) is 11.2. The highest BCUT2D eigenvalue weighted by molar-refractivity contribution is 5.96. The minimum atomic E-state index is -0.740. The van der Waals surface area contributed by atoms with Gasteiger partial charge in [0.1, 0.15) is 0 Å². The molecule has 1 aromatic carbocycles. The summed E-state index contributed by atoms with van der Waals surface area (Å²) in [5.41, 5.74) is 12.0. The Morgan fingerprint density at radius 3 is 2.32 bits per heavy atom. The highest BCUT2D eigenvalue weighted by atomic mass is 16.3. The van der Waals surface area contributed by atoms with Crippen molar-refractivity contribution < 1.29 is 9.90 Å². The number of aliphatic hydroxyl groups is 1. The SMILES string of the molecule is CN(CC1(O)CCCC1)C(=O)c1cc(N)cc(N)c1. The van der Waals surface area contributed by atoms with Crippen molar-refractivity contribution in [2.45, 2.75) is 31.3 Å². The second-order valence-corrected chi connectivity index (χ2v) is 5.48. The molecule has 5 N–H and O–H groups in total. The summed E-state index contributed by atoms with van der Waals surface area (Å²) >= 11 is 0. The maximum Gasteiger partial charge on any atom is 0.253 e. The summed E-state index contributed by atoms with van der Waals surface area (Å²) in [7, 11) is 1.69. The third kappa shape index (κ3) is 3.17. The first-order valence-electron chi connectivity index (χ1n) is 6.53. The second-order valence-electron chi connectivity index (χ2n) is 5.48. The van der Waals surface area contributed by atoms with E-state index in [9.17, 15) is 9.90 Å². The van der Waals surface area contributed by atoms with E-state index >= 15 is 0 Å². The first-order valence-corrected chi connectivity index (χ1v) is 6.53. The van der Waals surface area contributed by atoms with Crippen molar-refractivity contribution in [3.05, 3.63) is 23.8 Å². The van der Waals surface area contributed by atoms with Gasteiger partial charge in [0.25, 0.3) is 5.91 Å². The lowest BCUT2D eigenvalue weighted by molar-refractivity contribution is 0.0157. The van der Waals surface area contributed by atoms with Crippen LogP contribution in [0.4, 0.5) is 11.4 Å². The minimum Gasteiger partial charge on any atom is -0.399 e. The van der Waals surface area contributed by atoms with E-state index in [4.69, 9.17) is 11.5 Å². The molecule has 0 heterocycles. The number of rotatable bonds is 3. The van der Waals surface area contributed by atoms with Crippen LogP contribution in [-0.4, -0.2) is 35.1 Å². The Hall–Kier alpha value is -1.75. The lowest BCUT2D eigenvalue weighted by Crippen LogP contribution is -2.42. The Morgan fingerprint density at radius 1 is 1.26 bits per heavy atom. The van der Waals surface area contributed by atoms with Crippen LogP contribution in [0, 0.1) is 0 Å². The molecule has 0 bridgehead atoms. The van der Waals surface area contributed by atoms with Crippen LogP contribution < -0.4 is 11.5 Å². The largest absolute Gasteiger partial charge is 0.399 e. The number of nitrogen functional groups attached to an aromatic ring is 2. The molecule has 1 aliphatic carbocycles. The van der Waals surface area contributed by atoms with Crippen LogP contribution in [0.1, 0.15) is 36.0 Å². The molecule has 1 fully saturated rings. The van der Waals surface area contributed by atoms with Crippen molar-refractivity contribution in [1.82, 2.24) is 4.90 Å². The minimum absolute atomic E-state index is 0.167. The molecule has 104 valence electrons. The molecule has 1 saturated carbocycles. The Balaban J connectivity index is 2.10. The fourth-order valence-corrected chi connectivity index (χ4v) is 2.72. The number of carbonyl (C=O) groups excluding carboxylic acids is 1. The van der Waals surface area contributed by atoms with Gasteiger partial charge < -0.3 is 21.5 Å². The van der Waals surface area contributed by atoms with Crippen LogP contribution in [0.25, 0.3) is 0 Å². The number of carbonyl (C=O) groups is 1. The summed E-state index contributed by atoms with van der Waals surface area (Å²) in [6.07, 6.45) is 3.54. The van der Waals surface area contributed by atoms with Crippen molar-refractivity contribution in [1.29, 1.82) is 0 Å². The molecule has 0 unspecified atom stereocenters. The Morgan fingerprint density at radius 2 is 1.79 bits per heavy atom. The van der Waals surface area contributed by atoms with Crippen LogP contribution in [-0.2, 0) is 0 Å². The maximum absolute atomic E-state index is 12.3. The summed E-state index contributed by atoms with van der Waals surface area (Å²) in [6.45, 7) is 0.348.